The SMILES string of the molecule is CCCCn1c(=O)[nH]c(=O)c2c1nc(COC(=O)c1csc(-c3cccs3)n1)n2CCC. The van der Waals surface area contributed by atoms with Crippen molar-refractivity contribution in [2.24, 2.45) is 0 Å². The summed E-state index contributed by atoms with van der Waals surface area (Å²) in [6, 6.07) is 3.88. The molecule has 0 fully saturated rings. The molecule has 0 aromatic carbocycles. The van der Waals surface area contributed by atoms with E-state index in [0.29, 0.717) is 30.1 Å². The highest BCUT2D eigenvalue weighted by molar-refractivity contribution is 7.20. The minimum absolute atomic E-state index is 0.124. The Kier molecular flexibility index (Phi) is 6.66. The standard InChI is InChI=1S/C21H23N5O4S2/c1-3-5-9-26-17-16(18(27)24-21(26)29)25(8-4-2)15(23-17)11-30-20(28)13-12-32-19(22-13)14-7-6-10-31-14/h6-7,10,12H,3-5,8-9,11H2,1-2H3,(H,24,27,29). The van der Waals surface area contributed by atoms with E-state index in [1.165, 1.54) is 15.9 Å². The van der Waals surface area contributed by atoms with Crippen LogP contribution in [0.2, 0.25) is 0 Å². The van der Waals surface area contributed by atoms with Crippen LogP contribution in [-0.2, 0) is 24.4 Å². The summed E-state index contributed by atoms with van der Waals surface area (Å²) in [4.78, 5) is 49.8. The van der Waals surface area contributed by atoms with Gasteiger partial charge in [-0.25, -0.2) is 19.6 Å². The van der Waals surface area contributed by atoms with Crippen LogP contribution in [-0.4, -0.2) is 30.1 Å². The zero-order chi connectivity index (χ0) is 22.7. The van der Waals surface area contributed by atoms with E-state index in [9.17, 15) is 14.4 Å². The first-order valence-corrected chi connectivity index (χ1v) is 12.2. The van der Waals surface area contributed by atoms with Crippen LogP contribution in [0.3, 0.4) is 0 Å². The summed E-state index contributed by atoms with van der Waals surface area (Å²) < 4.78 is 8.68. The van der Waals surface area contributed by atoms with Crippen LogP contribution >= 0.6 is 22.7 Å². The number of carbonyl (C=O) groups excluding carboxylic acids is 1. The molecule has 11 heteroatoms. The van der Waals surface area contributed by atoms with E-state index in [1.807, 2.05) is 31.4 Å². The van der Waals surface area contributed by atoms with Crippen molar-refractivity contribution >= 4 is 39.8 Å². The van der Waals surface area contributed by atoms with E-state index in [4.69, 9.17) is 4.74 Å². The lowest BCUT2D eigenvalue weighted by molar-refractivity contribution is 0.0452. The number of esters is 1. The van der Waals surface area contributed by atoms with Gasteiger partial charge in [0.15, 0.2) is 16.9 Å². The number of nitrogens with one attached hydrogen (secondary N) is 1. The van der Waals surface area contributed by atoms with Crippen LogP contribution in [0, 0.1) is 0 Å². The number of hydrogen-bond acceptors (Lipinski definition) is 8. The van der Waals surface area contributed by atoms with Gasteiger partial charge in [0.2, 0.25) is 0 Å². The number of hydrogen-bond donors (Lipinski definition) is 1. The molecule has 4 aromatic heterocycles. The van der Waals surface area contributed by atoms with Gasteiger partial charge in [0.1, 0.15) is 17.4 Å². The fourth-order valence-electron chi connectivity index (χ4n) is 3.40. The Labute approximate surface area is 191 Å². The molecule has 0 saturated heterocycles. The topological polar surface area (TPSA) is 112 Å². The van der Waals surface area contributed by atoms with Gasteiger partial charge in [0, 0.05) is 18.5 Å². The van der Waals surface area contributed by atoms with Crippen molar-refractivity contribution in [3.63, 3.8) is 0 Å². The molecular weight excluding hydrogens is 450 g/mol. The number of imidazole rings is 1. The molecule has 168 valence electrons. The predicted octanol–water partition coefficient (Wildman–Crippen LogP) is 3.64. The summed E-state index contributed by atoms with van der Waals surface area (Å²) >= 11 is 2.93. The van der Waals surface area contributed by atoms with E-state index in [0.717, 1.165) is 29.1 Å². The number of thiazole rings is 1. The molecule has 4 aromatic rings. The number of unbranched alkanes of at least 4 members (excludes halogenated alkanes) is 1. The molecule has 0 aliphatic carbocycles. The molecular formula is C21H23N5O4S2. The molecule has 0 bridgehead atoms. The lowest BCUT2D eigenvalue weighted by Crippen LogP contribution is -2.31. The normalized spacial score (nSPS) is 11.3. The summed E-state index contributed by atoms with van der Waals surface area (Å²) in [6.45, 7) is 4.84. The highest BCUT2D eigenvalue weighted by atomic mass is 32.1. The molecule has 0 radical (unpaired) electrons. The van der Waals surface area contributed by atoms with Crippen LogP contribution in [0.4, 0.5) is 0 Å². The highest BCUT2D eigenvalue weighted by Crippen LogP contribution is 2.28. The summed E-state index contributed by atoms with van der Waals surface area (Å²) in [5.41, 5.74) is -0.0996. The molecule has 0 amide bonds. The molecule has 1 N–H and O–H groups in total. The fraction of sp³-hybridized carbons (Fsp3) is 0.381. The van der Waals surface area contributed by atoms with Gasteiger partial charge in [-0.1, -0.05) is 26.3 Å². The molecule has 0 unspecified atom stereocenters. The monoisotopic (exact) mass is 473 g/mol. The summed E-state index contributed by atoms with van der Waals surface area (Å²) in [5, 5.41) is 4.38. The highest BCUT2D eigenvalue weighted by Gasteiger charge is 2.20. The number of H-pyrrole nitrogens is 1. The van der Waals surface area contributed by atoms with Crippen LogP contribution in [0.5, 0.6) is 0 Å². The number of thiophene rings is 1. The Bertz CT molecular complexity index is 1350. The largest absolute Gasteiger partial charge is 0.453 e. The number of aryl methyl sites for hydroxylation is 2. The second-order valence-electron chi connectivity index (χ2n) is 7.21. The number of aromatic amines is 1. The van der Waals surface area contributed by atoms with Crippen molar-refractivity contribution in [1.29, 1.82) is 0 Å². The van der Waals surface area contributed by atoms with Gasteiger partial charge >= 0.3 is 11.7 Å². The number of rotatable bonds is 9. The van der Waals surface area contributed by atoms with Gasteiger partial charge in [0.25, 0.3) is 5.56 Å². The number of aromatic nitrogens is 5. The van der Waals surface area contributed by atoms with E-state index >= 15 is 0 Å². The molecule has 0 atom stereocenters. The number of carbonyl (C=O) groups is 1. The van der Waals surface area contributed by atoms with Gasteiger partial charge < -0.3 is 9.30 Å². The predicted molar refractivity (Wildman–Crippen MR) is 124 cm³/mol. The Balaban J connectivity index is 1.63. The fourth-order valence-corrected chi connectivity index (χ4v) is 5.00. The molecule has 32 heavy (non-hydrogen) atoms. The molecule has 0 spiro atoms. The quantitative estimate of drug-likeness (QED) is 0.372. The second-order valence-corrected chi connectivity index (χ2v) is 9.01. The van der Waals surface area contributed by atoms with Crippen LogP contribution in [0.15, 0.2) is 32.5 Å². The van der Waals surface area contributed by atoms with Crippen molar-refractivity contribution < 1.29 is 9.53 Å². The second kappa shape index (κ2) is 9.61. The first-order valence-electron chi connectivity index (χ1n) is 10.4. The Morgan fingerprint density at radius 1 is 1.12 bits per heavy atom. The summed E-state index contributed by atoms with van der Waals surface area (Å²) in [7, 11) is 0. The number of ether oxygens (including phenoxy) is 1. The van der Waals surface area contributed by atoms with Crippen LogP contribution in [0.25, 0.3) is 21.0 Å². The zero-order valence-corrected chi connectivity index (χ0v) is 19.4. The van der Waals surface area contributed by atoms with Gasteiger partial charge in [-0.3, -0.25) is 14.3 Å². The number of nitrogens with zero attached hydrogens (tertiary/aromatic N) is 4. The molecule has 0 aliphatic heterocycles. The average Bonchev–Trinajstić information content (AvgIpc) is 3.52. The third kappa shape index (κ3) is 4.30. The van der Waals surface area contributed by atoms with Crippen molar-refractivity contribution in [2.45, 2.75) is 52.8 Å². The van der Waals surface area contributed by atoms with E-state index in [2.05, 4.69) is 15.0 Å². The van der Waals surface area contributed by atoms with Crippen molar-refractivity contribution in [2.75, 3.05) is 0 Å². The Morgan fingerprint density at radius 2 is 1.97 bits per heavy atom. The maximum atomic E-state index is 12.6. The molecule has 9 nitrogen and oxygen atoms in total. The lowest BCUT2D eigenvalue weighted by Gasteiger charge is -2.08. The van der Waals surface area contributed by atoms with Gasteiger partial charge in [-0.05, 0) is 24.3 Å². The minimum atomic E-state index is -0.559. The summed E-state index contributed by atoms with van der Waals surface area (Å²) in [6.07, 6.45) is 2.42. The smallest absolute Gasteiger partial charge is 0.358 e. The van der Waals surface area contributed by atoms with Crippen molar-refractivity contribution in [3.8, 4) is 9.88 Å². The van der Waals surface area contributed by atoms with Crippen LogP contribution in [0.1, 0.15) is 49.4 Å². The first-order chi connectivity index (χ1) is 15.5. The third-order valence-corrected chi connectivity index (χ3v) is 6.81. The number of fused-ring (bicyclic) bond motifs is 1. The maximum absolute atomic E-state index is 12.6. The van der Waals surface area contributed by atoms with Crippen molar-refractivity contribution in [1.82, 2.24) is 24.1 Å². The zero-order valence-electron chi connectivity index (χ0n) is 17.8. The van der Waals surface area contributed by atoms with E-state index < -0.39 is 17.2 Å². The van der Waals surface area contributed by atoms with Gasteiger partial charge in [-0.15, -0.1) is 22.7 Å². The third-order valence-electron chi connectivity index (χ3n) is 4.92. The molecule has 4 rings (SSSR count). The lowest BCUT2D eigenvalue weighted by atomic mass is 10.3. The van der Waals surface area contributed by atoms with E-state index in [1.54, 1.807) is 21.3 Å². The molecule has 0 saturated carbocycles. The van der Waals surface area contributed by atoms with E-state index in [-0.39, 0.29) is 12.3 Å². The summed E-state index contributed by atoms with van der Waals surface area (Å²) in [5.74, 6) is -0.137. The molecule has 0 aliphatic rings. The van der Waals surface area contributed by atoms with Crippen LogP contribution < -0.4 is 11.2 Å². The van der Waals surface area contributed by atoms with Crippen molar-refractivity contribution in [3.05, 3.63) is 55.2 Å². The Hall–Kier alpha value is -3.05. The minimum Gasteiger partial charge on any atom is -0.453 e. The van der Waals surface area contributed by atoms with Gasteiger partial charge in [-0.2, -0.15) is 0 Å². The maximum Gasteiger partial charge on any atom is 0.358 e. The Morgan fingerprint density at radius 3 is 2.69 bits per heavy atom. The van der Waals surface area contributed by atoms with Gasteiger partial charge in [0.05, 0.1) is 4.88 Å². The molecule has 4 heterocycles. The average molecular weight is 474 g/mol. The first kappa shape index (κ1) is 22.2.